The Kier molecular flexibility index (Phi) is 4.37. The predicted molar refractivity (Wildman–Crippen MR) is 71.5 cm³/mol. The summed E-state index contributed by atoms with van der Waals surface area (Å²) in [6, 6.07) is 8.61. The molecule has 98 valence electrons. The van der Waals surface area contributed by atoms with Crippen molar-refractivity contribution in [2.24, 2.45) is 0 Å². The van der Waals surface area contributed by atoms with Gasteiger partial charge in [-0.15, -0.1) is 0 Å². The number of morpholine rings is 1. The number of amides is 1. The van der Waals surface area contributed by atoms with Crippen LogP contribution in [0.25, 0.3) is 0 Å². The second-order valence-electron chi connectivity index (χ2n) is 5.00. The van der Waals surface area contributed by atoms with Crippen molar-refractivity contribution in [1.82, 2.24) is 4.90 Å². The van der Waals surface area contributed by atoms with Gasteiger partial charge in [-0.3, -0.25) is 4.79 Å². The largest absolute Gasteiger partial charge is 0.377 e. The molecule has 0 radical (unpaired) electrons. The van der Waals surface area contributed by atoms with Crippen molar-refractivity contribution < 1.29 is 9.53 Å². The average molecular weight is 247 g/mol. The topological polar surface area (TPSA) is 29.5 Å². The highest BCUT2D eigenvalue weighted by Crippen LogP contribution is 2.11. The molecule has 0 aromatic heterocycles. The molecule has 0 saturated carbocycles. The fraction of sp³-hybridized carbons (Fsp3) is 0.533. The van der Waals surface area contributed by atoms with Crippen LogP contribution in [0.4, 0.5) is 0 Å². The lowest BCUT2D eigenvalue weighted by atomic mass is 10.1. The van der Waals surface area contributed by atoms with E-state index in [2.05, 4.69) is 31.2 Å². The lowest BCUT2D eigenvalue weighted by Gasteiger charge is -2.33. The third-order valence-corrected chi connectivity index (χ3v) is 3.44. The first kappa shape index (κ1) is 13.1. The van der Waals surface area contributed by atoms with E-state index in [1.807, 2.05) is 11.8 Å². The van der Waals surface area contributed by atoms with Gasteiger partial charge in [0.1, 0.15) is 0 Å². The van der Waals surface area contributed by atoms with Gasteiger partial charge in [0.15, 0.2) is 0 Å². The van der Waals surface area contributed by atoms with Gasteiger partial charge >= 0.3 is 0 Å². The quantitative estimate of drug-likeness (QED) is 0.819. The fourth-order valence-electron chi connectivity index (χ4n) is 2.25. The van der Waals surface area contributed by atoms with Crippen LogP contribution in [0, 0.1) is 6.92 Å². The predicted octanol–water partition coefficient (Wildman–Crippen LogP) is 2.17. The van der Waals surface area contributed by atoms with Gasteiger partial charge in [0.2, 0.25) is 5.91 Å². The molecule has 1 heterocycles. The molecule has 1 fully saturated rings. The number of hydrogen-bond donors (Lipinski definition) is 0. The van der Waals surface area contributed by atoms with Crippen LogP contribution in [0.15, 0.2) is 24.3 Å². The number of carbonyl (C=O) groups is 1. The van der Waals surface area contributed by atoms with E-state index >= 15 is 0 Å². The first-order valence-corrected chi connectivity index (χ1v) is 6.59. The summed E-state index contributed by atoms with van der Waals surface area (Å²) in [6.45, 7) is 6.18. The summed E-state index contributed by atoms with van der Waals surface area (Å²) in [5, 5.41) is 0. The molecular weight excluding hydrogens is 226 g/mol. The van der Waals surface area contributed by atoms with E-state index in [0.29, 0.717) is 19.6 Å². The summed E-state index contributed by atoms with van der Waals surface area (Å²) in [6.07, 6.45) is 1.41. The van der Waals surface area contributed by atoms with E-state index in [9.17, 15) is 4.79 Å². The Morgan fingerprint density at radius 3 is 2.78 bits per heavy atom. The molecule has 0 bridgehead atoms. The minimum absolute atomic E-state index is 0.212. The number of aryl methyl sites for hydroxylation is 2. The van der Waals surface area contributed by atoms with Crippen LogP contribution in [0.5, 0.6) is 0 Å². The Morgan fingerprint density at radius 1 is 1.39 bits per heavy atom. The molecular formula is C15H21NO2. The van der Waals surface area contributed by atoms with Crippen molar-refractivity contribution in [3.63, 3.8) is 0 Å². The third kappa shape index (κ3) is 3.33. The second kappa shape index (κ2) is 6.01. The van der Waals surface area contributed by atoms with Crippen LogP contribution < -0.4 is 0 Å². The van der Waals surface area contributed by atoms with E-state index in [-0.39, 0.29) is 11.9 Å². The van der Waals surface area contributed by atoms with Crippen molar-refractivity contribution in [2.75, 3.05) is 19.8 Å². The van der Waals surface area contributed by atoms with Crippen LogP contribution in [-0.2, 0) is 16.0 Å². The van der Waals surface area contributed by atoms with Crippen LogP contribution in [-0.4, -0.2) is 36.6 Å². The van der Waals surface area contributed by atoms with Crippen molar-refractivity contribution in [1.29, 1.82) is 0 Å². The molecule has 1 aliphatic rings. The highest BCUT2D eigenvalue weighted by atomic mass is 16.5. The first-order valence-electron chi connectivity index (χ1n) is 6.59. The highest BCUT2D eigenvalue weighted by Gasteiger charge is 2.22. The van der Waals surface area contributed by atoms with Gasteiger partial charge < -0.3 is 9.64 Å². The molecule has 1 aromatic carbocycles. The molecule has 3 heteroatoms. The molecule has 1 amide bonds. The Labute approximate surface area is 109 Å². The van der Waals surface area contributed by atoms with Gasteiger partial charge in [-0.2, -0.15) is 0 Å². The van der Waals surface area contributed by atoms with E-state index < -0.39 is 0 Å². The zero-order chi connectivity index (χ0) is 13.0. The summed E-state index contributed by atoms with van der Waals surface area (Å²) >= 11 is 0. The molecule has 1 aromatic rings. The number of rotatable bonds is 3. The van der Waals surface area contributed by atoms with Gasteiger partial charge in [0.25, 0.3) is 0 Å². The Hall–Kier alpha value is -1.35. The Bertz CT molecular complexity index is 399. The summed E-state index contributed by atoms with van der Waals surface area (Å²) in [5.74, 6) is 0.242. The highest BCUT2D eigenvalue weighted by molar-refractivity contribution is 5.76. The van der Waals surface area contributed by atoms with E-state index in [0.717, 1.165) is 13.0 Å². The van der Waals surface area contributed by atoms with Gasteiger partial charge in [0.05, 0.1) is 19.3 Å². The lowest BCUT2D eigenvalue weighted by Crippen LogP contribution is -2.47. The van der Waals surface area contributed by atoms with Crippen LogP contribution in [0.3, 0.4) is 0 Å². The molecule has 3 nitrogen and oxygen atoms in total. The SMILES string of the molecule is Cc1ccc(CCC(=O)N2CCOC[C@@H]2C)cc1. The summed E-state index contributed by atoms with van der Waals surface area (Å²) < 4.78 is 5.34. The zero-order valence-corrected chi connectivity index (χ0v) is 11.2. The van der Waals surface area contributed by atoms with E-state index in [4.69, 9.17) is 4.74 Å². The molecule has 1 atom stereocenters. The smallest absolute Gasteiger partial charge is 0.223 e. The molecule has 18 heavy (non-hydrogen) atoms. The van der Waals surface area contributed by atoms with Gasteiger partial charge in [0, 0.05) is 13.0 Å². The average Bonchev–Trinajstić information content (AvgIpc) is 2.38. The van der Waals surface area contributed by atoms with Crippen LogP contribution in [0.2, 0.25) is 0 Å². The summed E-state index contributed by atoms with van der Waals surface area (Å²) in [7, 11) is 0. The molecule has 0 aliphatic carbocycles. The molecule has 1 aliphatic heterocycles. The summed E-state index contributed by atoms with van der Waals surface area (Å²) in [5.41, 5.74) is 2.49. The molecule has 0 unspecified atom stereocenters. The molecule has 1 saturated heterocycles. The normalized spacial score (nSPS) is 19.9. The maximum absolute atomic E-state index is 12.1. The molecule has 2 rings (SSSR count). The third-order valence-electron chi connectivity index (χ3n) is 3.44. The van der Waals surface area contributed by atoms with Gasteiger partial charge in [-0.05, 0) is 25.8 Å². The van der Waals surface area contributed by atoms with Crippen molar-refractivity contribution in [3.05, 3.63) is 35.4 Å². The van der Waals surface area contributed by atoms with Gasteiger partial charge in [-0.25, -0.2) is 0 Å². The number of nitrogens with zero attached hydrogens (tertiary/aromatic N) is 1. The van der Waals surface area contributed by atoms with E-state index in [1.54, 1.807) is 0 Å². The van der Waals surface area contributed by atoms with Crippen molar-refractivity contribution in [3.8, 4) is 0 Å². The zero-order valence-electron chi connectivity index (χ0n) is 11.2. The number of hydrogen-bond acceptors (Lipinski definition) is 2. The standard InChI is InChI=1S/C15H21NO2/c1-12-3-5-14(6-4-12)7-8-15(17)16-9-10-18-11-13(16)2/h3-6,13H,7-11H2,1-2H3/t13-/m0/s1. The Balaban J connectivity index is 1.85. The molecule has 0 spiro atoms. The van der Waals surface area contributed by atoms with Crippen molar-refractivity contribution >= 4 is 5.91 Å². The molecule has 0 N–H and O–H groups in total. The fourth-order valence-corrected chi connectivity index (χ4v) is 2.25. The summed E-state index contributed by atoms with van der Waals surface area (Å²) in [4.78, 5) is 14.1. The Morgan fingerprint density at radius 2 is 2.11 bits per heavy atom. The lowest BCUT2D eigenvalue weighted by molar-refractivity contribution is -0.139. The first-order chi connectivity index (χ1) is 8.66. The monoisotopic (exact) mass is 247 g/mol. The minimum Gasteiger partial charge on any atom is -0.377 e. The number of ether oxygens (including phenoxy) is 1. The maximum Gasteiger partial charge on any atom is 0.223 e. The van der Waals surface area contributed by atoms with Crippen LogP contribution >= 0.6 is 0 Å². The van der Waals surface area contributed by atoms with Gasteiger partial charge in [-0.1, -0.05) is 29.8 Å². The van der Waals surface area contributed by atoms with E-state index in [1.165, 1.54) is 11.1 Å². The maximum atomic E-state index is 12.1. The van der Waals surface area contributed by atoms with Crippen LogP contribution in [0.1, 0.15) is 24.5 Å². The second-order valence-corrected chi connectivity index (χ2v) is 5.00. The van der Waals surface area contributed by atoms with Crippen molar-refractivity contribution in [2.45, 2.75) is 32.7 Å². The minimum atomic E-state index is 0.212. The number of carbonyl (C=O) groups excluding carboxylic acids is 1. The number of benzene rings is 1.